The van der Waals surface area contributed by atoms with Crippen LogP contribution in [0.25, 0.3) is 16.7 Å². The quantitative estimate of drug-likeness (QED) is 0.514. The minimum absolute atomic E-state index is 0. The van der Waals surface area contributed by atoms with Crippen LogP contribution in [0.1, 0.15) is 28.6 Å². The van der Waals surface area contributed by atoms with Gasteiger partial charge in [-0.05, 0) is 48.4 Å². The number of nitrogens with one attached hydrogen (secondary N) is 1. The van der Waals surface area contributed by atoms with Crippen molar-refractivity contribution in [2.45, 2.75) is 19.5 Å². The Morgan fingerprint density at radius 1 is 1.04 bits per heavy atom. The molecule has 1 atom stereocenters. The summed E-state index contributed by atoms with van der Waals surface area (Å²) in [5, 5.41) is 4.81. The normalized spacial score (nSPS) is 16.0. The molecule has 1 unspecified atom stereocenters. The van der Waals surface area contributed by atoms with Gasteiger partial charge in [0.05, 0.1) is 0 Å². The van der Waals surface area contributed by atoms with Crippen molar-refractivity contribution in [3.8, 4) is 5.69 Å². The highest BCUT2D eigenvalue weighted by molar-refractivity contribution is 5.85. The Bertz CT molecular complexity index is 1050. The molecule has 0 spiro atoms. The van der Waals surface area contributed by atoms with Gasteiger partial charge in [-0.2, -0.15) is 0 Å². The van der Waals surface area contributed by atoms with E-state index in [1.807, 2.05) is 0 Å². The summed E-state index contributed by atoms with van der Waals surface area (Å²) in [5.41, 5.74) is 5.90. The van der Waals surface area contributed by atoms with Gasteiger partial charge in [-0.15, -0.1) is 12.4 Å². The largest absolute Gasteiger partial charge is 0.459 e. The molecule has 0 fully saturated rings. The lowest BCUT2D eigenvalue weighted by Crippen LogP contribution is -2.20. The van der Waals surface area contributed by atoms with Gasteiger partial charge in [-0.25, -0.2) is 0 Å². The van der Waals surface area contributed by atoms with Crippen molar-refractivity contribution >= 4 is 23.4 Å². The minimum Gasteiger partial charge on any atom is -0.459 e. The summed E-state index contributed by atoms with van der Waals surface area (Å²) in [6.45, 7) is 2.91. The highest BCUT2D eigenvalue weighted by Crippen LogP contribution is 2.33. The number of benzene rings is 2. The Morgan fingerprint density at radius 2 is 1.92 bits per heavy atom. The molecule has 2 aromatic carbocycles. The Labute approximate surface area is 152 Å². The molecular formula is C21H19ClN2O. The van der Waals surface area contributed by atoms with Crippen LogP contribution in [0, 0.1) is 6.92 Å². The minimum atomic E-state index is 0. The van der Waals surface area contributed by atoms with Gasteiger partial charge in [-0.1, -0.05) is 30.3 Å². The second kappa shape index (κ2) is 6.10. The van der Waals surface area contributed by atoms with Crippen LogP contribution >= 0.6 is 12.4 Å². The summed E-state index contributed by atoms with van der Waals surface area (Å²) < 4.78 is 8.46. The Morgan fingerprint density at radius 3 is 2.84 bits per heavy atom. The summed E-state index contributed by atoms with van der Waals surface area (Å²) >= 11 is 0. The van der Waals surface area contributed by atoms with Crippen LogP contribution in [0.2, 0.25) is 0 Å². The summed E-state index contributed by atoms with van der Waals surface area (Å²) in [7, 11) is 0. The number of aryl methyl sites for hydroxylation is 1. The molecule has 1 N–H and O–H groups in total. The maximum absolute atomic E-state index is 6.19. The molecule has 0 saturated heterocycles. The SMILES string of the molecule is Cc1ccc2cc(C3NCc4ccccc4-n4cccc43)oc2c1.Cl. The molecule has 0 bridgehead atoms. The number of para-hydroxylation sites is 1. The van der Waals surface area contributed by atoms with Crippen LogP contribution in [0.5, 0.6) is 0 Å². The summed E-state index contributed by atoms with van der Waals surface area (Å²) in [6.07, 6.45) is 2.13. The molecule has 0 saturated carbocycles. The Hall–Kier alpha value is -2.49. The van der Waals surface area contributed by atoms with E-state index in [9.17, 15) is 0 Å². The number of hydrogen-bond acceptors (Lipinski definition) is 2. The zero-order valence-electron chi connectivity index (χ0n) is 13.9. The number of hydrogen-bond donors (Lipinski definition) is 1. The summed E-state index contributed by atoms with van der Waals surface area (Å²) in [4.78, 5) is 0. The van der Waals surface area contributed by atoms with Gasteiger partial charge in [0.2, 0.25) is 0 Å². The van der Waals surface area contributed by atoms with E-state index in [2.05, 4.69) is 83.7 Å². The molecule has 5 rings (SSSR count). The van der Waals surface area contributed by atoms with Gasteiger partial charge >= 0.3 is 0 Å². The Kier molecular flexibility index (Phi) is 3.91. The smallest absolute Gasteiger partial charge is 0.134 e. The van der Waals surface area contributed by atoms with Crippen molar-refractivity contribution in [2.75, 3.05) is 0 Å². The molecule has 0 aliphatic carbocycles. The van der Waals surface area contributed by atoms with E-state index < -0.39 is 0 Å². The second-order valence-corrected chi connectivity index (χ2v) is 6.44. The second-order valence-electron chi connectivity index (χ2n) is 6.44. The maximum Gasteiger partial charge on any atom is 0.134 e. The molecule has 4 aromatic rings. The number of furan rings is 1. The van der Waals surface area contributed by atoms with Crippen molar-refractivity contribution < 1.29 is 4.42 Å². The third kappa shape index (κ3) is 2.56. The van der Waals surface area contributed by atoms with E-state index in [1.54, 1.807) is 0 Å². The van der Waals surface area contributed by atoms with E-state index in [1.165, 1.54) is 22.5 Å². The van der Waals surface area contributed by atoms with Gasteiger partial charge < -0.3 is 8.98 Å². The van der Waals surface area contributed by atoms with Crippen LogP contribution in [0.3, 0.4) is 0 Å². The number of fused-ring (bicyclic) bond motifs is 4. The lowest BCUT2D eigenvalue weighted by atomic mass is 10.1. The molecular weight excluding hydrogens is 332 g/mol. The zero-order valence-corrected chi connectivity index (χ0v) is 14.7. The number of nitrogens with zero attached hydrogens (tertiary/aromatic N) is 1. The van der Waals surface area contributed by atoms with Crippen molar-refractivity contribution in [3.05, 3.63) is 89.4 Å². The monoisotopic (exact) mass is 350 g/mol. The van der Waals surface area contributed by atoms with Gasteiger partial charge in [0.25, 0.3) is 0 Å². The first kappa shape index (κ1) is 16.0. The van der Waals surface area contributed by atoms with E-state index in [4.69, 9.17) is 4.42 Å². The average Bonchev–Trinajstić information content (AvgIpc) is 3.19. The number of halogens is 1. The fraction of sp³-hybridized carbons (Fsp3) is 0.143. The lowest BCUT2D eigenvalue weighted by Gasteiger charge is -2.14. The zero-order chi connectivity index (χ0) is 16.1. The molecule has 1 aliphatic heterocycles. The van der Waals surface area contributed by atoms with E-state index in [0.29, 0.717) is 0 Å². The maximum atomic E-state index is 6.19. The third-order valence-corrected chi connectivity index (χ3v) is 4.80. The molecule has 3 nitrogen and oxygen atoms in total. The van der Waals surface area contributed by atoms with Gasteiger partial charge in [-0.3, -0.25) is 5.32 Å². The lowest BCUT2D eigenvalue weighted by molar-refractivity contribution is 0.465. The van der Waals surface area contributed by atoms with Crippen LogP contribution in [0.4, 0.5) is 0 Å². The molecule has 2 aromatic heterocycles. The molecule has 3 heterocycles. The molecule has 25 heavy (non-hydrogen) atoms. The van der Waals surface area contributed by atoms with Crippen LogP contribution < -0.4 is 5.32 Å². The number of rotatable bonds is 1. The summed E-state index contributed by atoms with van der Waals surface area (Å²) in [6, 6.07) is 21.3. The summed E-state index contributed by atoms with van der Waals surface area (Å²) in [5.74, 6) is 0.961. The highest BCUT2D eigenvalue weighted by atomic mass is 35.5. The van der Waals surface area contributed by atoms with E-state index >= 15 is 0 Å². The van der Waals surface area contributed by atoms with Crippen LogP contribution in [0.15, 0.2) is 71.3 Å². The molecule has 126 valence electrons. The van der Waals surface area contributed by atoms with Crippen molar-refractivity contribution in [1.82, 2.24) is 9.88 Å². The molecule has 0 radical (unpaired) electrons. The molecule has 1 aliphatic rings. The number of aromatic nitrogens is 1. The fourth-order valence-corrected chi connectivity index (χ4v) is 3.61. The van der Waals surface area contributed by atoms with Gasteiger partial charge in [0.1, 0.15) is 17.4 Å². The first-order valence-electron chi connectivity index (χ1n) is 8.28. The van der Waals surface area contributed by atoms with Gasteiger partial charge in [0.15, 0.2) is 0 Å². The van der Waals surface area contributed by atoms with Crippen molar-refractivity contribution in [3.63, 3.8) is 0 Å². The predicted molar refractivity (Wildman–Crippen MR) is 103 cm³/mol. The first-order valence-corrected chi connectivity index (χ1v) is 8.28. The fourth-order valence-electron chi connectivity index (χ4n) is 3.61. The average molecular weight is 351 g/mol. The standard InChI is InChI=1S/C21H18N2O.ClH/c1-14-8-9-15-12-20(24-19(15)11-14)21-18-7-4-10-23(18)17-6-3-2-5-16(17)13-22-21;/h2-12,21-22H,13H2,1H3;1H. The first-order chi connectivity index (χ1) is 11.8. The molecule has 4 heteroatoms. The Balaban J connectivity index is 0.00000157. The highest BCUT2D eigenvalue weighted by Gasteiger charge is 2.25. The van der Waals surface area contributed by atoms with Crippen molar-refractivity contribution in [2.24, 2.45) is 0 Å². The van der Waals surface area contributed by atoms with Crippen LogP contribution in [-0.2, 0) is 6.54 Å². The van der Waals surface area contributed by atoms with E-state index in [-0.39, 0.29) is 18.4 Å². The van der Waals surface area contributed by atoms with Crippen LogP contribution in [-0.4, -0.2) is 4.57 Å². The third-order valence-electron chi connectivity index (χ3n) is 4.80. The predicted octanol–water partition coefficient (Wildman–Crippen LogP) is 5.15. The van der Waals surface area contributed by atoms with Crippen molar-refractivity contribution in [1.29, 1.82) is 0 Å². The molecule has 0 amide bonds. The van der Waals surface area contributed by atoms with Gasteiger partial charge in [0, 0.05) is 29.5 Å². The van der Waals surface area contributed by atoms with E-state index in [0.717, 1.165) is 23.3 Å². The topological polar surface area (TPSA) is 30.1 Å².